The molecule has 1 aliphatic heterocycles. The highest BCUT2D eigenvalue weighted by molar-refractivity contribution is 7.89. The highest BCUT2D eigenvalue weighted by atomic mass is 35.5. The second kappa shape index (κ2) is 11.0. The molecule has 154 valence electrons. The minimum atomic E-state index is -3.43. The van der Waals surface area contributed by atoms with Crippen molar-refractivity contribution >= 4 is 28.3 Å². The van der Waals surface area contributed by atoms with Gasteiger partial charge >= 0.3 is 0 Å². The summed E-state index contributed by atoms with van der Waals surface area (Å²) >= 11 is 0. The van der Waals surface area contributed by atoms with Gasteiger partial charge in [-0.3, -0.25) is 4.79 Å². The van der Waals surface area contributed by atoms with Gasteiger partial charge in [0.1, 0.15) is 0 Å². The first-order valence-electron chi connectivity index (χ1n) is 9.47. The van der Waals surface area contributed by atoms with Crippen molar-refractivity contribution in [2.75, 3.05) is 26.2 Å². The fraction of sp³-hybridized carbons (Fsp3) is 0.632. The third kappa shape index (κ3) is 6.45. The second-order valence-corrected chi connectivity index (χ2v) is 8.82. The molecule has 2 N–H and O–H groups in total. The van der Waals surface area contributed by atoms with Gasteiger partial charge in [0.15, 0.2) is 0 Å². The van der Waals surface area contributed by atoms with Gasteiger partial charge in [0.05, 0.1) is 4.90 Å². The van der Waals surface area contributed by atoms with Gasteiger partial charge in [0.25, 0.3) is 0 Å². The van der Waals surface area contributed by atoms with E-state index in [1.54, 1.807) is 24.3 Å². The highest BCUT2D eigenvalue weighted by Gasteiger charge is 2.23. The summed E-state index contributed by atoms with van der Waals surface area (Å²) in [4.78, 5) is 12.5. The van der Waals surface area contributed by atoms with E-state index in [0.29, 0.717) is 36.7 Å². The Morgan fingerprint density at radius 3 is 2.41 bits per heavy atom. The van der Waals surface area contributed by atoms with Gasteiger partial charge < -0.3 is 10.6 Å². The number of carbonyl (C=O) groups excluding carboxylic acids is 1. The maximum absolute atomic E-state index is 12.5. The summed E-state index contributed by atoms with van der Waals surface area (Å²) in [6, 6.07) is 7.12. The fourth-order valence-corrected chi connectivity index (χ4v) is 4.76. The maximum Gasteiger partial charge on any atom is 0.243 e. The number of nitrogens with one attached hydrogen (secondary N) is 2. The normalized spacial score (nSPS) is 20.1. The summed E-state index contributed by atoms with van der Waals surface area (Å²) in [5.74, 6) is 0.501. The number of benzene rings is 1. The van der Waals surface area contributed by atoms with E-state index in [4.69, 9.17) is 0 Å². The molecule has 0 saturated carbocycles. The summed E-state index contributed by atoms with van der Waals surface area (Å²) in [6.07, 6.45) is 1.99. The van der Waals surface area contributed by atoms with Crippen molar-refractivity contribution in [1.29, 1.82) is 0 Å². The van der Waals surface area contributed by atoms with Crippen LogP contribution in [0.5, 0.6) is 0 Å². The molecule has 1 aromatic rings. The molecule has 1 aliphatic rings. The van der Waals surface area contributed by atoms with Gasteiger partial charge in [-0.1, -0.05) is 32.9 Å². The number of rotatable bonds is 8. The van der Waals surface area contributed by atoms with Crippen molar-refractivity contribution in [3.63, 3.8) is 0 Å². The van der Waals surface area contributed by atoms with Crippen LogP contribution in [0.25, 0.3) is 0 Å². The lowest BCUT2D eigenvalue weighted by molar-refractivity contribution is -0.122. The number of sulfonamides is 1. The van der Waals surface area contributed by atoms with Crippen LogP contribution in [0, 0.1) is 5.92 Å². The van der Waals surface area contributed by atoms with Crippen LogP contribution in [0.1, 0.15) is 39.2 Å². The zero-order valence-corrected chi connectivity index (χ0v) is 18.0. The first-order chi connectivity index (χ1) is 12.4. The number of halogens is 1. The zero-order valence-electron chi connectivity index (χ0n) is 16.4. The Morgan fingerprint density at radius 2 is 1.85 bits per heavy atom. The van der Waals surface area contributed by atoms with Gasteiger partial charge in [-0.05, 0) is 49.5 Å². The van der Waals surface area contributed by atoms with E-state index >= 15 is 0 Å². The molecule has 1 saturated heterocycles. The van der Waals surface area contributed by atoms with Gasteiger partial charge in [-0.2, -0.15) is 4.31 Å². The topological polar surface area (TPSA) is 78.5 Å². The molecule has 1 heterocycles. The third-order valence-electron chi connectivity index (χ3n) is 5.04. The van der Waals surface area contributed by atoms with E-state index in [-0.39, 0.29) is 24.4 Å². The third-order valence-corrected chi connectivity index (χ3v) is 7.10. The fourth-order valence-electron chi connectivity index (χ4n) is 3.31. The van der Waals surface area contributed by atoms with Crippen LogP contribution < -0.4 is 10.6 Å². The van der Waals surface area contributed by atoms with Crippen molar-refractivity contribution < 1.29 is 13.2 Å². The molecule has 1 aromatic carbocycles. The van der Waals surface area contributed by atoms with E-state index < -0.39 is 10.0 Å². The number of amides is 1. The average molecular weight is 418 g/mol. The minimum Gasteiger partial charge on any atom is -0.353 e. The van der Waals surface area contributed by atoms with Crippen molar-refractivity contribution in [1.82, 2.24) is 14.9 Å². The van der Waals surface area contributed by atoms with Gasteiger partial charge in [-0.15, -0.1) is 12.4 Å². The molecular weight excluding hydrogens is 386 g/mol. The standard InChI is InChI=1S/C19H31N3O3S.ClH/c1-4-22(5-2)26(24,25)17-9-6-16(7-10-17)8-11-19(23)21-18-12-13-20-14-15(18)3;/h6-7,9-10,15,18,20H,4-5,8,11-14H2,1-3H3,(H,21,23);1H. The molecular formula is C19H32ClN3O3S. The lowest BCUT2D eigenvalue weighted by Crippen LogP contribution is -2.48. The van der Waals surface area contributed by atoms with Crippen LogP contribution in [0.4, 0.5) is 0 Å². The second-order valence-electron chi connectivity index (χ2n) is 6.88. The summed E-state index contributed by atoms with van der Waals surface area (Å²) in [5, 5.41) is 6.45. The number of nitrogens with zero attached hydrogens (tertiary/aromatic N) is 1. The van der Waals surface area contributed by atoms with Gasteiger partial charge in [0.2, 0.25) is 15.9 Å². The Bertz CT molecular complexity index is 691. The van der Waals surface area contributed by atoms with Gasteiger partial charge in [0, 0.05) is 25.6 Å². The zero-order chi connectivity index (χ0) is 19.2. The predicted molar refractivity (Wildman–Crippen MR) is 111 cm³/mol. The molecule has 0 bridgehead atoms. The van der Waals surface area contributed by atoms with Gasteiger partial charge in [-0.25, -0.2) is 8.42 Å². The molecule has 27 heavy (non-hydrogen) atoms. The highest BCUT2D eigenvalue weighted by Crippen LogP contribution is 2.17. The van der Waals surface area contributed by atoms with E-state index in [2.05, 4.69) is 17.6 Å². The van der Waals surface area contributed by atoms with Crippen LogP contribution in [0.15, 0.2) is 29.2 Å². The molecule has 2 atom stereocenters. The lowest BCUT2D eigenvalue weighted by atomic mass is 9.95. The number of aryl methyl sites for hydroxylation is 1. The molecule has 1 amide bonds. The Hall–Kier alpha value is -1.15. The Labute approximate surface area is 169 Å². The summed E-state index contributed by atoms with van der Waals surface area (Å²) in [6.45, 7) is 8.59. The summed E-state index contributed by atoms with van der Waals surface area (Å²) < 4.78 is 26.4. The molecule has 0 aliphatic carbocycles. The molecule has 2 unspecified atom stereocenters. The minimum absolute atomic E-state index is 0. The van der Waals surface area contributed by atoms with E-state index in [0.717, 1.165) is 25.1 Å². The van der Waals surface area contributed by atoms with Crippen LogP contribution in [-0.2, 0) is 21.2 Å². The molecule has 0 spiro atoms. The largest absolute Gasteiger partial charge is 0.353 e. The van der Waals surface area contributed by atoms with Crippen LogP contribution in [-0.4, -0.2) is 50.9 Å². The molecule has 8 heteroatoms. The number of hydrogen-bond donors (Lipinski definition) is 2. The molecule has 0 aromatic heterocycles. The van der Waals surface area contributed by atoms with Crippen LogP contribution in [0.3, 0.4) is 0 Å². The Morgan fingerprint density at radius 1 is 1.22 bits per heavy atom. The summed E-state index contributed by atoms with van der Waals surface area (Å²) in [5.41, 5.74) is 0.969. The van der Waals surface area contributed by atoms with Crippen LogP contribution in [0.2, 0.25) is 0 Å². The number of carbonyl (C=O) groups is 1. The van der Waals surface area contributed by atoms with Crippen molar-refractivity contribution in [2.45, 2.75) is 51.0 Å². The SMILES string of the molecule is CCN(CC)S(=O)(=O)c1ccc(CCC(=O)NC2CCNCC2C)cc1.Cl. The predicted octanol–water partition coefficient (Wildman–Crippen LogP) is 2.19. The average Bonchev–Trinajstić information content (AvgIpc) is 2.63. The van der Waals surface area contributed by atoms with E-state index in [1.165, 1.54) is 4.31 Å². The number of piperidine rings is 1. The van der Waals surface area contributed by atoms with Crippen LogP contribution >= 0.6 is 12.4 Å². The first-order valence-corrected chi connectivity index (χ1v) is 10.9. The molecule has 2 rings (SSSR count). The maximum atomic E-state index is 12.5. The molecule has 1 fully saturated rings. The van der Waals surface area contributed by atoms with Crippen molar-refractivity contribution in [3.05, 3.63) is 29.8 Å². The Balaban J connectivity index is 0.00000364. The smallest absolute Gasteiger partial charge is 0.243 e. The molecule has 6 nitrogen and oxygen atoms in total. The lowest BCUT2D eigenvalue weighted by Gasteiger charge is -2.30. The van der Waals surface area contributed by atoms with E-state index in [1.807, 2.05) is 13.8 Å². The molecule has 0 radical (unpaired) electrons. The van der Waals surface area contributed by atoms with Crippen molar-refractivity contribution in [2.24, 2.45) is 5.92 Å². The first kappa shape index (κ1) is 23.9. The number of hydrogen-bond acceptors (Lipinski definition) is 4. The Kier molecular flexibility index (Phi) is 9.73. The van der Waals surface area contributed by atoms with E-state index in [9.17, 15) is 13.2 Å². The quantitative estimate of drug-likeness (QED) is 0.679. The monoisotopic (exact) mass is 417 g/mol. The summed E-state index contributed by atoms with van der Waals surface area (Å²) in [7, 11) is -3.43. The van der Waals surface area contributed by atoms with Crippen molar-refractivity contribution in [3.8, 4) is 0 Å².